The number of aromatic nitrogens is 1. The van der Waals surface area contributed by atoms with Crippen molar-refractivity contribution < 1.29 is 4.42 Å². The quantitative estimate of drug-likeness (QED) is 0.829. The Morgan fingerprint density at radius 2 is 2.40 bits per heavy atom. The van der Waals surface area contributed by atoms with Gasteiger partial charge in [0.15, 0.2) is 0 Å². The molecular formula is C12H20N2O. The average molecular weight is 208 g/mol. The molecule has 3 nitrogen and oxygen atoms in total. The van der Waals surface area contributed by atoms with Crippen LogP contribution in [0.2, 0.25) is 0 Å². The Hall–Kier alpha value is -0.830. The third kappa shape index (κ3) is 3.06. The van der Waals surface area contributed by atoms with Gasteiger partial charge in [-0.2, -0.15) is 0 Å². The number of oxazole rings is 1. The Morgan fingerprint density at radius 1 is 1.53 bits per heavy atom. The maximum absolute atomic E-state index is 5.43. The lowest BCUT2D eigenvalue weighted by Crippen LogP contribution is -2.33. The minimum atomic E-state index is 0.654. The van der Waals surface area contributed by atoms with Crippen molar-refractivity contribution in [3.05, 3.63) is 17.8 Å². The van der Waals surface area contributed by atoms with Crippen LogP contribution in [-0.4, -0.2) is 11.0 Å². The maximum atomic E-state index is 5.43. The number of hydrogen-bond acceptors (Lipinski definition) is 3. The van der Waals surface area contributed by atoms with E-state index < -0.39 is 0 Å². The summed E-state index contributed by atoms with van der Waals surface area (Å²) in [6.45, 7) is 5.04. The lowest BCUT2D eigenvalue weighted by atomic mass is 9.87. The van der Waals surface area contributed by atoms with Gasteiger partial charge in [-0.25, -0.2) is 4.98 Å². The van der Waals surface area contributed by atoms with Gasteiger partial charge < -0.3 is 9.73 Å². The standard InChI is InChI=1S/C12H20N2O/c1-9-4-3-5-11(6-9)13-8-12-14-7-10(2)15-12/h7,9,11,13H,3-6,8H2,1-2H3. The molecule has 15 heavy (non-hydrogen) atoms. The van der Waals surface area contributed by atoms with Gasteiger partial charge in [0.25, 0.3) is 0 Å². The van der Waals surface area contributed by atoms with Crippen LogP contribution in [-0.2, 0) is 6.54 Å². The van der Waals surface area contributed by atoms with Crippen molar-refractivity contribution in [2.45, 2.75) is 52.1 Å². The Bertz CT molecular complexity index is 308. The third-order valence-corrected chi connectivity index (χ3v) is 3.15. The molecule has 1 aliphatic rings. The molecule has 1 aromatic heterocycles. The molecule has 0 aromatic carbocycles. The molecule has 0 aliphatic heterocycles. The summed E-state index contributed by atoms with van der Waals surface area (Å²) in [5.74, 6) is 2.57. The summed E-state index contributed by atoms with van der Waals surface area (Å²) in [4.78, 5) is 4.19. The van der Waals surface area contributed by atoms with E-state index in [4.69, 9.17) is 4.42 Å². The summed E-state index contributed by atoms with van der Waals surface area (Å²) in [7, 11) is 0. The SMILES string of the molecule is Cc1cnc(CNC2CCCC(C)C2)o1. The predicted molar refractivity (Wildman–Crippen MR) is 59.5 cm³/mol. The molecule has 1 saturated carbocycles. The van der Waals surface area contributed by atoms with Crippen LogP contribution in [0.25, 0.3) is 0 Å². The molecule has 2 atom stereocenters. The molecule has 1 fully saturated rings. The smallest absolute Gasteiger partial charge is 0.208 e. The first-order chi connectivity index (χ1) is 7.24. The fourth-order valence-electron chi connectivity index (χ4n) is 2.33. The van der Waals surface area contributed by atoms with Crippen LogP contribution in [0.5, 0.6) is 0 Å². The van der Waals surface area contributed by atoms with Crippen LogP contribution >= 0.6 is 0 Å². The molecular weight excluding hydrogens is 188 g/mol. The van der Waals surface area contributed by atoms with Crippen LogP contribution in [0.15, 0.2) is 10.6 Å². The zero-order valence-corrected chi connectivity index (χ0v) is 9.62. The third-order valence-electron chi connectivity index (χ3n) is 3.15. The first-order valence-electron chi connectivity index (χ1n) is 5.88. The van der Waals surface area contributed by atoms with E-state index in [9.17, 15) is 0 Å². The average Bonchev–Trinajstić information content (AvgIpc) is 2.62. The van der Waals surface area contributed by atoms with E-state index in [-0.39, 0.29) is 0 Å². The number of nitrogens with zero attached hydrogens (tertiary/aromatic N) is 1. The van der Waals surface area contributed by atoms with Crippen LogP contribution in [0.4, 0.5) is 0 Å². The topological polar surface area (TPSA) is 38.1 Å². The highest BCUT2D eigenvalue weighted by Crippen LogP contribution is 2.23. The normalized spacial score (nSPS) is 26.8. The fraction of sp³-hybridized carbons (Fsp3) is 0.750. The summed E-state index contributed by atoms with van der Waals surface area (Å²) in [6, 6.07) is 0.654. The Labute approximate surface area is 91.3 Å². The molecule has 0 radical (unpaired) electrons. The van der Waals surface area contributed by atoms with Crippen LogP contribution in [0.3, 0.4) is 0 Å². The van der Waals surface area contributed by atoms with Gasteiger partial charge in [-0.15, -0.1) is 0 Å². The summed E-state index contributed by atoms with van der Waals surface area (Å²) < 4.78 is 5.43. The van der Waals surface area contributed by atoms with Crippen LogP contribution in [0.1, 0.15) is 44.3 Å². The first-order valence-corrected chi connectivity index (χ1v) is 5.88. The number of rotatable bonds is 3. The summed E-state index contributed by atoms with van der Waals surface area (Å²) in [6.07, 6.45) is 7.10. The highest BCUT2D eigenvalue weighted by atomic mass is 16.4. The second-order valence-corrected chi connectivity index (χ2v) is 4.71. The Morgan fingerprint density at radius 3 is 3.07 bits per heavy atom. The van der Waals surface area contributed by atoms with Gasteiger partial charge in [0.1, 0.15) is 5.76 Å². The van der Waals surface area contributed by atoms with Crippen molar-refractivity contribution >= 4 is 0 Å². The van der Waals surface area contributed by atoms with Crippen molar-refractivity contribution in [3.63, 3.8) is 0 Å². The summed E-state index contributed by atoms with van der Waals surface area (Å²) in [5.41, 5.74) is 0. The van der Waals surface area contributed by atoms with Gasteiger partial charge in [-0.3, -0.25) is 0 Å². The largest absolute Gasteiger partial charge is 0.445 e. The van der Waals surface area contributed by atoms with Crippen molar-refractivity contribution in [1.82, 2.24) is 10.3 Å². The molecule has 0 amide bonds. The van der Waals surface area contributed by atoms with Gasteiger partial charge in [0, 0.05) is 6.04 Å². The molecule has 84 valence electrons. The first kappa shape index (κ1) is 10.7. The van der Waals surface area contributed by atoms with E-state index in [0.29, 0.717) is 6.04 Å². The minimum absolute atomic E-state index is 0.654. The zero-order valence-electron chi connectivity index (χ0n) is 9.62. The van der Waals surface area contributed by atoms with Crippen molar-refractivity contribution in [2.24, 2.45) is 5.92 Å². The van der Waals surface area contributed by atoms with E-state index in [0.717, 1.165) is 24.1 Å². The van der Waals surface area contributed by atoms with Gasteiger partial charge in [0.05, 0.1) is 12.7 Å². The van der Waals surface area contributed by atoms with E-state index in [1.807, 2.05) is 6.92 Å². The highest BCUT2D eigenvalue weighted by Gasteiger charge is 2.18. The highest BCUT2D eigenvalue weighted by molar-refractivity contribution is 4.91. The minimum Gasteiger partial charge on any atom is -0.445 e. The Kier molecular flexibility index (Phi) is 3.41. The lowest BCUT2D eigenvalue weighted by molar-refractivity contribution is 0.291. The van der Waals surface area contributed by atoms with Gasteiger partial charge >= 0.3 is 0 Å². The van der Waals surface area contributed by atoms with Crippen molar-refractivity contribution in [3.8, 4) is 0 Å². The molecule has 3 heteroatoms. The van der Waals surface area contributed by atoms with Crippen LogP contribution in [0, 0.1) is 12.8 Å². The van der Waals surface area contributed by atoms with Gasteiger partial charge in [0.2, 0.25) is 5.89 Å². The maximum Gasteiger partial charge on any atom is 0.208 e. The molecule has 1 aliphatic carbocycles. The van der Waals surface area contributed by atoms with Crippen molar-refractivity contribution in [1.29, 1.82) is 0 Å². The number of aryl methyl sites for hydroxylation is 1. The molecule has 0 spiro atoms. The van der Waals surface area contributed by atoms with E-state index in [1.165, 1.54) is 25.7 Å². The molecule has 2 unspecified atom stereocenters. The molecule has 2 rings (SSSR count). The molecule has 0 bridgehead atoms. The van der Waals surface area contributed by atoms with Gasteiger partial charge in [-0.05, 0) is 25.7 Å². The molecule has 1 aromatic rings. The number of nitrogens with one attached hydrogen (secondary N) is 1. The summed E-state index contributed by atoms with van der Waals surface area (Å²) in [5, 5.41) is 3.53. The molecule has 0 saturated heterocycles. The van der Waals surface area contributed by atoms with Gasteiger partial charge in [-0.1, -0.05) is 19.8 Å². The second kappa shape index (κ2) is 4.79. The predicted octanol–water partition coefficient (Wildman–Crippen LogP) is 2.65. The Balaban J connectivity index is 1.77. The van der Waals surface area contributed by atoms with Crippen LogP contribution < -0.4 is 5.32 Å². The van der Waals surface area contributed by atoms with Crippen molar-refractivity contribution in [2.75, 3.05) is 0 Å². The number of hydrogen-bond donors (Lipinski definition) is 1. The fourth-order valence-corrected chi connectivity index (χ4v) is 2.33. The van der Waals surface area contributed by atoms with E-state index in [1.54, 1.807) is 6.20 Å². The molecule has 1 heterocycles. The molecule has 1 N–H and O–H groups in total. The zero-order chi connectivity index (χ0) is 10.7. The second-order valence-electron chi connectivity index (χ2n) is 4.71. The lowest BCUT2D eigenvalue weighted by Gasteiger charge is -2.27. The monoisotopic (exact) mass is 208 g/mol. The van der Waals surface area contributed by atoms with E-state index in [2.05, 4.69) is 17.2 Å². The van der Waals surface area contributed by atoms with E-state index >= 15 is 0 Å². The summed E-state index contributed by atoms with van der Waals surface area (Å²) >= 11 is 0.